The number of rotatable bonds is 6. The van der Waals surface area contributed by atoms with Crippen molar-refractivity contribution in [2.45, 2.75) is 41.2 Å². The molecule has 1 heterocycles. The molecule has 0 bridgehead atoms. The first-order valence-corrected chi connectivity index (χ1v) is 10.8. The average molecular weight is 453 g/mol. The van der Waals surface area contributed by atoms with Crippen molar-refractivity contribution < 1.29 is 13.9 Å². The van der Waals surface area contributed by atoms with Crippen molar-refractivity contribution >= 4 is 5.91 Å². The Bertz CT molecular complexity index is 973. The van der Waals surface area contributed by atoms with Crippen LogP contribution in [0.3, 0.4) is 0 Å². The lowest BCUT2D eigenvalue weighted by molar-refractivity contribution is 0.0816. The summed E-state index contributed by atoms with van der Waals surface area (Å²) in [6.07, 6.45) is 4.68. The maximum Gasteiger partial charge on any atom is 0.254 e. The summed E-state index contributed by atoms with van der Waals surface area (Å²) in [5.41, 5.74) is 4.25. The Kier molecular flexibility index (Phi) is 13.7. The summed E-state index contributed by atoms with van der Waals surface area (Å²) >= 11 is 0. The van der Waals surface area contributed by atoms with Gasteiger partial charge in [-0.15, -0.1) is 0 Å². The highest BCUT2D eigenvalue weighted by Crippen LogP contribution is 2.25. The number of methoxy groups -OCH3 is 1. The van der Waals surface area contributed by atoms with E-state index in [2.05, 4.69) is 36.9 Å². The zero-order valence-electron chi connectivity index (χ0n) is 21.0. The summed E-state index contributed by atoms with van der Waals surface area (Å²) in [5, 5.41) is 2.89. The van der Waals surface area contributed by atoms with Crippen LogP contribution in [0.4, 0.5) is 4.39 Å². The fourth-order valence-corrected chi connectivity index (χ4v) is 2.68. The van der Waals surface area contributed by atoms with Crippen LogP contribution < -0.4 is 10.1 Å². The first-order chi connectivity index (χ1) is 15.6. The van der Waals surface area contributed by atoms with Crippen LogP contribution in [-0.4, -0.2) is 25.0 Å². The van der Waals surface area contributed by atoms with E-state index in [0.717, 1.165) is 28.1 Å². The van der Waals surface area contributed by atoms with E-state index in [1.165, 1.54) is 6.08 Å². The minimum Gasteiger partial charge on any atom is -0.497 e. The van der Waals surface area contributed by atoms with Gasteiger partial charge in [0, 0.05) is 30.4 Å². The van der Waals surface area contributed by atoms with Crippen molar-refractivity contribution in [2.24, 2.45) is 5.92 Å². The lowest BCUT2D eigenvalue weighted by Gasteiger charge is -2.07. The summed E-state index contributed by atoms with van der Waals surface area (Å²) in [7, 11) is 3.40. The fourth-order valence-electron chi connectivity index (χ4n) is 2.68. The van der Waals surface area contributed by atoms with Gasteiger partial charge in [-0.3, -0.25) is 4.79 Å². The molecule has 1 amide bonds. The summed E-state index contributed by atoms with van der Waals surface area (Å²) in [6.45, 7) is 21.1. The van der Waals surface area contributed by atoms with Crippen LogP contribution in [0.1, 0.15) is 50.5 Å². The third-order valence-electron chi connectivity index (χ3n) is 4.30. The molecule has 1 N–H and O–H groups in total. The van der Waals surface area contributed by atoms with Crippen molar-refractivity contribution in [3.8, 4) is 17.6 Å². The number of allylic oxidation sites excluding steroid dienone is 6. The molecule has 0 aliphatic carbocycles. The van der Waals surface area contributed by atoms with Gasteiger partial charge in [0.15, 0.2) is 0 Å². The van der Waals surface area contributed by atoms with E-state index in [0.29, 0.717) is 12.1 Å². The summed E-state index contributed by atoms with van der Waals surface area (Å²) in [4.78, 5) is 13.2. The predicted molar refractivity (Wildman–Crippen MR) is 137 cm³/mol. The third-order valence-corrected chi connectivity index (χ3v) is 4.30. The second kappa shape index (κ2) is 15.3. The van der Waals surface area contributed by atoms with Crippen molar-refractivity contribution in [1.82, 2.24) is 10.2 Å². The molecule has 2 rings (SSSR count). The number of nitrogens with zero attached hydrogens (tertiary/aromatic N) is 1. The molecule has 1 unspecified atom stereocenters. The molecule has 0 saturated heterocycles. The van der Waals surface area contributed by atoms with Crippen LogP contribution in [0.15, 0.2) is 79.0 Å². The fraction of sp³-hybridized carbons (Fsp3) is 0.321. The molecule has 0 spiro atoms. The molecule has 0 fully saturated rings. The molecule has 1 aromatic rings. The van der Waals surface area contributed by atoms with Gasteiger partial charge >= 0.3 is 0 Å². The summed E-state index contributed by atoms with van der Waals surface area (Å²) in [5.74, 6) is 6.18. The van der Waals surface area contributed by atoms with E-state index in [1.807, 2.05) is 52.8 Å². The maximum absolute atomic E-state index is 12.8. The van der Waals surface area contributed by atoms with Crippen LogP contribution in [0.25, 0.3) is 0 Å². The van der Waals surface area contributed by atoms with Gasteiger partial charge in [-0.1, -0.05) is 57.1 Å². The lowest BCUT2D eigenvalue weighted by atomic mass is 10.1. The number of nitrogens with one attached hydrogen (secondary N) is 1. The SMILES string of the molecule is C=CNC(=C)C(C)C#C/C(C=C(C)C)=C/C(=C)F.CC.COc1ccc2c(c1)C(=O)N(C)C2. The largest absolute Gasteiger partial charge is 0.497 e. The zero-order valence-corrected chi connectivity index (χ0v) is 21.0. The number of carbonyl (C=O) groups is 1. The predicted octanol–water partition coefficient (Wildman–Crippen LogP) is 6.56. The van der Waals surface area contributed by atoms with Gasteiger partial charge in [-0.25, -0.2) is 4.39 Å². The summed E-state index contributed by atoms with van der Waals surface area (Å²) < 4.78 is 17.8. The number of amides is 1. The molecule has 1 aliphatic rings. The minimum atomic E-state index is -0.507. The minimum absolute atomic E-state index is 0.0511. The Labute approximate surface area is 199 Å². The second-order valence-corrected chi connectivity index (χ2v) is 7.32. The molecule has 0 aromatic heterocycles. The van der Waals surface area contributed by atoms with Gasteiger partial charge in [-0.2, -0.15) is 0 Å². The molecule has 1 aromatic carbocycles. The Morgan fingerprint density at radius 3 is 2.42 bits per heavy atom. The first kappa shape index (κ1) is 29.5. The van der Waals surface area contributed by atoms with Crippen LogP contribution in [0, 0.1) is 17.8 Å². The highest BCUT2D eigenvalue weighted by molar-refractivity contribution is 5.98. The molecule has 1 atom stereocenters. The average Bonchev–Trinajstić information content (AvgIpc) is 3.06. The van der Waals surface area contributed by atoms with Gasteiger partial charge in [0.25, 0.3) is 5.91 Å². The standard InChI is InChI=1S/C16H20FN.C10H11NO2.C2H6/c1-7-18-15(6)13(4)8-9-16(10-12(2)3)11-14(5)17;1-11-6-7-3-4-8(13-2)5-9(7)10(11)12;1-2/h7,10-11,13,18H,1,5-6H2,2-4H3;3-5H,6H2,1-2H3;1-2H3/b16-11-;;. The van der Waals surface area contributed by atoms with Gasteiger partial charge in [-0.05, 0) is 56.8 Å². The van der Waals surface area contributed by atoms with Crippen LogP contribution in [0.5, 0.6) is 5.75 Å². The van der Waals surface area contributed by atoms with Crippen LogP contribution in [-0.2, 0) is 6.54 Å². The molecule has 1 aliphatic heterocycles. The number of halogens is 1. The van der Waals surface area contributed by atoms with Crippen molar-refractivity contribution in [3.63, 3.8) is 0 Å². The van der Waals surface area contributed by atoms with E-state index in [1.54, 1.807) is 31.3 Å². The number of ether oxygens (including phenoxy) is 1. The number of benzene rings is 1. The van der Waals surface area contributed by atoms with Gasteiger partial charge in [0.2, 0.25) is 0 Å². The first-order valence-electron chi connectivity index (χ1n) is 10.8. The number of hydrogen-bond donors (Lipinski definition) is 1. The molecule has 33 heavy (non-hydrogen) atoms. The highest BCUT2D eigenvalue weighted by atomic mass is 19.1. The molecule has 5 heteroatoms. The third kappa shape index (κ3) is 10.6. The van der Waals surface area contributed by atoms with Crippen molar-refractivity contribution in [2.75, 3.05) is 14.2 Å². The van der Waals surface area contributed by atoms with E-state index in [4.69, 9.17) is 4.74 Å². The Hall–Kier alpha value is -3.52. The molecular weight excluding hydrogens is 415 g/mol. The molecule has 178 valence electrons. The van der Waals surface area contributed by atoms with Crippen LogP contribution >= 0.6 is 0 Å². The van der Waals surface area contributed by atoms with Gasteiger partial charge < -0.3 is 15.0 Å². The van der Waals surface area contributed by atoms with E-state index in [-0.39, 0.29) is 11.8 Å². The molecule has 0 radical (unpaired) electrons. The number of hydrogen-bond acceptors (Lipinski definition) is 3. The lowest BCUT2D eigenvalue weighted by Crippen LogP contribution is -2.17. The second-order valence-electron chi connectivity index (χ2n) is 7.32. The van der Waals surface area contributed by atoms with Gasteiger partial charge in [0.1, 0.15) is 11.6 Å². The normalized spacial score (nSPS) is 12.3. The quantitative estimate of drug-likeness (QED) is 0.393. The van der Waals surface area contributed by atoms with Crippen LogP contribution in [0.2, 0.25) is 0 Å². The maximum atomic E-state index is 12.8. The Balaban J connectivity index is 0.000000597. The van der Waals surface area contributed by atoms with Crippen molar-refractivity contribution in [1.29, 1.82) is 0 Å². The number of fused-ring (bicyclic) bond motifs is 1. The van der Waals surface area contributed by atoms with E-state index in [9.17, 15) is 9.18 Å². The molecule has 4 nitrogen and oxygen atoms in total. The Morgan fingerprint density at radius 1 is 1.27 bits per heavy atom. The van der Waals surface area contributed by atoms with Gasteiger partial charge in [0.05, 0.1) is 13.0 Å². The monoisotopic (exact) mass is 452 g/mol. The van der Waals surface area contributed by atoms with E-state index < -0.39 is 5.83 Å². The van der Waals surface area contributed by atoms with Crippen molar-refractivity contribution in [3.05, 3.63) is 90.1 Å². The Morgan fingerprint density at radius 2 is 1.91 bits per heavy atom. The summed E-state index contributed by atoms with van der Waals surface area (Å²) in [6, 6.07) is 5.61. The number of carbonyl (C=O) groups excluding carboxylic acids is 1. The smallest absolute Gasteiger partial charge is 0.254 e. The highest BCUT2D eigenvalue weighted by Gasteiger charge is 2.24. The topological polar surface area (TPSA) is 41.6 Å². The molecule has 0 saturated carbocycles. The van der Waals surface area contributed by atoms with E-state index >= 15 is 0 Å². The zero-order chi connectivity index (χ0) is 25.6. The molecular formula is C28H37FN2O2.